The van der Waals surface area contributed by atoms with Crippen LogP contribution in [-0.2, 0) is 11.2 Å². The van der Waals surface area contributed by atoms with E-state index in [1.54, 1.807) is 0 Å². The summed E-state index contributed by atoms with van der Waals surface area (Å²) < 4.78 is 0. The Balaban J connectivity index is 2.08. The summed E-state index contributed by atoms with van der Waals surface area (Å²) >= 11 is 0. The van der Waals surface area contributed by atoms with Gasteiger partial charge in [0.05, 0.1) is 5.69 Å². The summed E-state index contributed by atoms with van der Waals surface area (Å²) in [5.74, 6) is -1.43. The van der Waals surface area contributed by atoms with Crippen molar-refractivity contribution in [3.63, 3.8) is 0 Å². The van der Waals surface area contributed by atoms with E-state index in [2.05, 4.69) is 22.5 Å². The van der Waals surface area contributed by atoms with Crippen LogP contribution in [0.4, 0.5) is 11.4 Å². The molecule has 0 fully saturated rings. The molecule has 7 heteroatoms. The molecule has 0 radical (unpaired) electrons. The SMILES string of the molecule is CCCCc1ccc(N=N/C(C(=O)Nc2ccc(C(N)=O)cc2)=C(/C)O)cc1. The van der Waals surface area contributed by atoms with E-state index >= 15 is 0 Å². The number of rotatable bonds is 8. The molecule has 28 heavy (non-hydrogen) atoms. The number of amides is 2. The maximum atomic E-state index is 12.4. The lowest BCUT2D eigenvalue weighted by molar-refractivity contribution is -0.113. The molecule has 0 saturated carbocycles. The molecule has 2 rings (SSSR count). The van der Waals surface area contributed by atoms with Gasteiger partial charge in [0, 0.05) is 11.3 Å². The third-order valence-corrected chi connectivity index (χ3v) is 4.01. The highest BCUT2D eigenvalue weighted by Crippen LogP contribution is 2.18. The summed E-state index contributed by atoms with van der Waals surface area (Å²) in [6.45, 7) is 3.50. The maximum absolute atomic E-state index is 12.4. The first kappa shape index (κ1) is 20.8. The van der Waals surface area contributed by atoms with Gasteiger partial charge in [-0.3, -0.25) is 9.59 Å². The standard InChI is InChI=1S/C21H24N4O3/c1-3-4-5-15-6-10-18(11-7-15)24-25-19(14(2)26)21(28)23-17-12-8-16(9-13-17)20(22)27/h6-13,26H,3-5H2,1-2H3,(H2,22,27)(H,23,28)/b19-14-,25-24?. The van der Waals surface area contributed by atoms with E-state index in [-0.39, 0.29) is 11.5 Å². The molecule has 2 aromatic carbocycles. The number of carbonyl (C=O) groups is 2. The number of hydrogen-bond acceptors (Lipinski definition) is 5. The molecular formula is C21H24N4O3. The molecule has 146 valence electrons. The zero-order chi connectivity index (χ0) is 20.5. The van der Waals surface area contributed by atoms with E-state index in [0.29, 0.717) is 16.9 Å². The van der Waals surface area contributed by atoms with Crippen LogP contribution in [0.25, 0.3) is 0 Å². The van der Waals surface area contributed by atoms with Crippen LogP contribution >= 0.6 is 0 Å². The van der Waals surface area contributed by atoms with Gasteiger partial charge in [-0.2, -0.15) is 5.11 Å². The topological polar surface area (TPSA) is 117 Å². The third kappa shape index (κ3) is 6.05. The Bertz CT molecular complexity index is 881. The van der Waals surface area contributed by atoms with E-state index < -0.39 is 11.8 Å². The van der Waals surface area contributed by atoms with E-state index in [9.17, 15) is 14.7 Å². The largest absolute Gasteiger partial charge is 0.510 e. The van der Waals surface area contributed by atoms with E-state index in [1.165, 1.54) is 36.8 Å². The van der Waals surface area contributed by atoms with Gasteiger partial charge in [-0.25, -0.2) is 0 Å². The second-order valence-electron chi connectivity index (χ2n) is 6.30. The van der Waals surface area contributed by atoms with Crippen molar-refractivity contribution in [3.8, 4) is 0 Å². The average Bonchev–Trinajstić information content (AvgIpc) is 2.67. The van der Waals surface area contributed by atoms with Crippen LogP contribution in [0.2, 0.25) is 0 Å². The van der Waals surface area contributed by atoms with Gasteiger partial charge in [-0.15, -0.1) is 5.11 Å². The van der Waals surface area contributed by atoms with Crippen LogP contribution in [0.5, 0.6) is 0 Å². The van der Waals surface area contributed by atoms with Crippen molar-refractivity contribution in [1.29, 1.82) is 0 Å². The number of hydrogen-bond donors (Lipinski definition) is 3. The predicted octanol–water partition coefficient (Wildman–Crippen LogP) is 4.64. The number of primary amides is 1. The van der Waals surface area contributed by atoms with Crippen molar-refractivity contribution in [2.24, 2.45) is 16.0 Å². The van der Waals surface area contributed by atoms with Gasteiger partial charge in [0.25, 0.3) is 5.91 Å². The van der Waals surface area contributed by atoms with Crippen LogP contribution in [0, 0.1) is 0 Å². The number of allylic oxidation sites excluding steroid dienone is 1. The molecule has 2 amide bonds. The molecule has 7 nitrogen and oxygen atoms in total. The smallest absolute Gasteiger partial charge is 0.279 e. The van der Waals surface area contributed by atoms with Gasteiger partial charge in [0.2, 0.25) is 5.91 Å². The molecule has 0 aliphatic heterocycles. The Morgan fingerprint density at radius 2 is 1.71 bits per heavy atom. The number of aliphatic hydroxyl groups excluding tert-OH is 1. The molecule has 0 atom stereocenters. The van der Waals surface area contributed by atoms with E-state index in [1.807, 2.05) is 24.3 Å². The summed E-state index contributed by atoms with van der Waals surface area (Å²) in [4.78, 5) is 23.5. The van der Waals surface area contributed by atoms with Gasteiger partial charge in [0.15, 0.2) is 5.70 Å². The normalized spacial score (nSPS) is 11.9. The summed E-state index contributed by atoms with van der Waals surface area (Å²) in [5, 5.41) is 20.3. The second kappa shape index (κ2) is 10.0. The monoisotopic (exact) mass is 380 g/mol. The molecule has 0 aliphatic carbocycles. The van der Waals surface area contributed by atoms with Crippen LogP contribution in [-0.4, -0.2) is 16.9 Å². The minimum atomic E-state index is -0.616. The number of carbonyl (C=O) groups excluding carboxylic acids is 2. The zero-order valence-corrected chi connectivity index (χ0v) is 16.0. The Morgan fingerprint density at radius 3 is 2.25 bits per heavy atom. The lowest BCUT2D eigenvalue weighted by atomic mass is 10.1. The van der Waals surface area contributed by atoms with Crippen molar-refractivity contribution in [2.75, 3.05) is 5.32 Å². The van der Waals surface area contributed by atoms with Gasteiger partial charge < -0.3 is 16.2 Å². The first-order valence-electron chi connectivity index (χ1n) is 9.02. The minimum absolute atomic E-state index is 0.200. The van der Waals surface area contributed by atoms with Gasteiger partial charge in [0.1, 0.15) is 5.76 Å². The fourth-order valence-corrected chi connectivity index (χ4v) is 2.41. The molecule has 0 aromatic heterocycles. The number of nitrogens with two attached hydrogens (primary N) is 1. The lowest BCUT2D eigenvalue weighted by Crippen LogP contribution is -2.15. The quantitative estimate of drug-likeness (QED) is 0.352. The molecule has 0 heterocycles. The Hall–Kier alpha value is -3.48. The van der Waals surface area contributed by atoms with Crippen molar-refractivity contribution in [1.82, 2.24) is 0 Å². The molecule has 0 saturated heterocycles. The van der Waals surface area contributed by atoms with Crippen LogP contribution in [0.15, 0.2) is 70.2 Å². The fraction of sp³-hybridized carbons (Fsp3) is 0.238. The zero-order valence-electron chi connectivity index (χ0n) is 16.0. The van der Waals surface area contributed by atoms with E-state index in [0.717, 1.165) is 19.3 Å². The predicted molar refractivity (Wildman–Crippen MR) is 108 cm³/mol. The Kier molecular flexibility index (Phi) is 7.45. The summed E-state index contributed by atoms with van der Waals surface area (Å²) in [6.07, 6.45) is 3.26. The number of nitrogens with zero attached hydrogens (tertiary/aromatic N) is 2. The molecule has 4 N–H and O–H groups in total. The van der Waals surface area contributed by atoms with E-state index in [4.69, 9.17) is 5.73 Å². The van der Waals surface area contributed by atoms with Crippen LogP contribution in [0.1, 0.15) is 42.6 Å². The third-order valence-electron chi connectivity index (χ3n) is 4.01. The van der Waals surface area contributed by atoms with Gasteiger partial charge in [-0.1, -0.05) is 25.5 Å². The van der Waals surface area contributed by atoms with Crippen molar-refractivity contribution >= 4 is 23.2 Å². The molecule has 0 aliphatic rings. The number of aryl methyl sites for hydroxylation is 1. The van der Waals surface area contributed by atoms with Crippen molar-refractivity contribution in [3.05, 3.63) is 71.1 Å². The number of benzene rings is 2. The van der Waals surface area contributed by atoms with Crippen LogP contribution in [0.3, 0.4) is 0 Å². The molecular weight excluding hydrogens is 356 g/mol. The summed E-state index contributed by atoms with van der Waals surface area (Å²) in [7, 11) is 0. The van der Waals surface area contributed by atoms with Gasteiger partial charge >= 0.3 is 0 Å². The second-order valence-corrected chi connectivity index (χ2v) is 6.30. The minimum Gasteiger partial charge on any atom is -0.510 e. The van der Waals surface area contributed by atoms with Crippen molar-refractivity contribution < 1.29 is 14.7 Å². The number of unbranched alkanes of at least 4 members (excludes halogenated alkanes) is 1. The number of aliphatic hydroxyl groups is 1. The number of anilines is 1. The van der Waals surface area contributed by atoms with Crippen LogP contribution < -0.4 is 11.1 Å². The molecule has 0 unspecified atom stereocenters. The number of nitrogens with one attached hydrogen (secondary N) is 1. The van der Waals surface area contributed by atoms with Gasteiger partial charge in [-0.05, 0) is 61.7 Å². The molecule has 0 bridgehead atoms. The van der Waals surface area contributed by atoms with Crippen molar-refractivity contribution in [2.45, 2.75) is 33.1 Å². The highest BCUT2D eigenvalue weighted by atomic mass is 16.3. The first-order chi connectivity index (χ1) is 13.4. The highest BCUT2D eigenvalue weighted by Gasteiger charge is 2.13. The summed E-state index contributed by atoms with van der Waals surface area (Å²) in [6, 6.07) is 13.6. The highest BCUT2D eigenvalue weighted by molar-refractivity contribution is 6.04. The number of azo groups is 1. The Labute approximate surface area is 164 Å². The molecule has 2 aromatic rings. The fourth-order valence-electron chi connectivity index (χ4n) is 2.41. The lowest BCUT2D eigenvalue weighted by Gasteiger charge is -2.06. The molecule has 0 spiro atoms. The Morgan fingerprint density at radius 1 is 1.07 bits per heavy atom. The summed E-state index contributed by atoms with van der Waals surface area (Å²) in [5.41, 5.74) is 7.55. The maximum Gasteiger partial charge on any atom is 0.279 e. The first-order valence-corrected chi connectivity index (χ1v) is 9.02. The average molecular weight is 380 g/mol.